The minimum absolute atomic E-state index is 0.0299. The van der Waals surface area contributed by atoms with Crippen LogP contribution >= 0.6 is 0 Å². The summed E-state index contributed by atoms with van der Waals surface area (Å²) in [6.45, 7) is 2.94. The predicted molar refractivity (Wildman–Crippen MR) is 110 cm³/mol. The molecule has 2 heterocycles. The van der Waals surface area contributed by atoms with Crippen LogP contribution in [0, 0.1) is 29.1 Å². The number of imidazole rings is 1. The van der Waals surface area contributed by atoms with E-state index >= 15 is 0 Å². The third kappa shape index (κ3) is 2.71. The molecule has 0 unspecified atom stereocenters. The van der Waals surface area contributed by atoms with Gasteiger partial charge in [0.1, 0.15) is 0 Å². The van der Waals surface area contributed by atoms with Gasteiger partial charge in [0.15, 0.2) is 0 Å². The van der Waals surface area contributed by atoms with E-state index in [4.69, 9.17) is 0 Å². The highest BCUT2D eigenvalue weighted by molar-refractivity contribution is 5.83. The van der Waals surface area contributed by atoms with Gasteiger partial charge in [0.2, 0.25) is 5.91 Å². The number of amides is 1. The summed E-state index contributed by atoms with van der Waals surface area (Å²) in [6.07, 6.45) is 12.1. The monoisotopic (exact) mass is 377 g/mol. The number of para-hydroxylation sites is 2. The van der Waals surface area contributed by atoms with Crippen molar-refractivity contribution in [3.63, 3.8) is 0 Å². The third-order valence-electron chi connectivity index (χ3n) is 8.38. The largest absolute Gasteiger partial charge is 0.342 e. The van der Waals surface area contributed by atoms with Crippen LogP contribution in [0.5, 0.6) is 0 Å². The third-order valence-corrected chi connectivity index (χ3v) is 8.38. The van der Waals surface area contributed by atoms with Gasteiger partial charge < -0.3 is 9.47 Å². The second-order valence-electron chi connectivity index (χ2n) is 10.3. The SMILES string of the molecule is O=C(N1CCC(Cn2cnc3ccccc32)CC1)C12CC3CC(CC(C3)C1)C2. The Labute approximate surface area is 167 Å². The van der Waals surface area contributed by atoms with Gasteiger partial charge in [-0.2, -0.15) is 0 Å². The minimum Gasteiger partial charge on any atom is -0.342 e. The van der Waals surface area contributed by atoms with Crippen molar-refractivity contribution in [1.82, 2.24) is 14.5 Å². The van der Waals surface area contributed by atoms with E-state index in [-0.39, 0.29) is 5.41 Å². The van der Waals surface area contributed by atoms with E-state index in [0.717, 1.165) is 55.7 Å². The lowest BCUT2D eigenvalue weighted by atomic mass is 9.49. The molecular formula is C24H31N3O. The van der Waals surface area contributed by atoms with Crippen LogP contribution in [0.15, 0.2) is 30.6 Å². The van der Waals surface area contributed by atoms with Crippen LogP contribution in [-0.2, 0) is 11.3 Å². The molecule has 1 aromatic heterocycles. The summed E-state index contributed by atoms with van der Waals surface area (Å²) in [4.78, 5) is 20.3. The highest BCUT2D eigenvalue weighted by atomic mass is 16.2. The molecule has 1 amide bonds. The van der Waals surface area contributed by atoms with Crippen molar-refractivity contribution in [2.75, 3.05) is 13.1 Å². The van der Waals surface area contributed by atoms with Crippen LogP contribution < -0.4 is 0 Å². The van der Waals surface area contributed by atoms with Crippen molar-refractivity contribution < 1.29 is 4.79 Å². The van der Waals surface area contributed by atoms with E-state index in [2.05, 4.69) is 32.7 Å². The molecule has 148 valence electrons. The summed E-state index contributed by atoms with van der Waals surface area (Å²) in [5.41, 5.74) is 2.34. The van der Waals surface area contributed by atoms with Gasteiger partial charge >= 0.3 is 0 Å². The number of nitrogens with zero attached hydrogens (tertiary/aromatic N) is 3. The summed E-state index contributed by atoms with van der Waals surface area (Å²) in [7, 11) is 0. The average molecular weight is 378 g/mol. The van der Waals surface area contributed by atoms with Crippen molar-refractivity contribution in [2.45, 2.75) is 57.9 Å². The number of aromatic nitrogens is 2. The van der Waals surface area contributed by atoms with Crippen LogP contribution in [0.3, 0.4) is 0 Å². The number of likely N-dealkylation sites (tertiary alicyclic amines) is 1. The molecule has 28 heavy (non-hydrogen) atoms. The Morgan fingerprint density at radius 3 is 2.32 bits per heavy atom. The van der Waals surface area contributed by atoms with Crippen LogP contribution in [0.2, 0.25) is 0 Å². The molecule has 4 bridgehead atoms. The number of carbonyl (C=O) groups excluding carboxylic acids is 1. The van der Waals surface area contributed by atoms with Gasteiger partial charge in [0.25, 0.3) is 0 Å². The van der Waals surface area contributed by atoms with E-state index < -0.39 is 0 Å². The fourth-order valence-electron chi connectivity index (χ4n) is 7.46. The van der Waals surface area contributed by atoms with Gasteiger partial charge in [-0.1, -0.05) is 12.1 Å². The molecule has 5 aliphatic rings. The number of hydrogen-bond acceptors (Lipinski definition) is 2. The summed E-state index contributed by atoms with van der Waals surface area (Å²) in [6, 6.07) is 8.38. The quantitative estimate of drug-likeness (QED) is 0.790. The van der Waals surface area contributed by atoms with E-state index in [0.29, 0.717) is 11.8 Å². The Morgan fingerprint density at radius 2 is 1.64 bits per heavy atom. The molecule has 4 heteroatoms. The van der Waals surface area contributed by atoms with Gasteiger partial charge in [-0.25, -0.2) is 4.98 Å². The zero-order valence-corrected chi connectivity index (χ0v) is 16.7. The van der Waals surface area contributed by atoms with Crippen LogP contribution in [-0.4, -0.2) is 33.4 Å². The first-order chi connectivity index (χ1) is 13.7. The van der Waals surface area contributed by atoms with E-state index in [1.165, 1.54) is 44.0 Å². The van der Waals surface area contributed by atoms with Gasteiger partial charge in [-0.3, -0.25) is 4.79 Å². The van der Waals surface area contributed by atoms with Crippen LogP contribution in [0.4, 0.5) is 0 Å². The Balaban J connectivity index is 1.11. The second-order valence-corrected chi connectivity index (χ2v) is 10.3. The highest BCUT2D eigenvalue weighted by Gasteiger charge is 2.55. The first kappa shape index (κ1) is 17.1. The smallest absolute Gasteiger partial charge is 0.228 e. The Bertz CT molecular complexity index is 857. The van der Waals surface area contributed by atoms with Crippen molar-refractivity contribution >= 4 is 16.9 Å². The van der Waals surface area contributed by atoms with Gasteiger partial charge in [0, 0.05) is 19.6 Å². The van der Waals surface area contributed by atoms with Crippen LogP contribution in [0.1, 0.15) is 51.4 Å². The fourth-order valence-corrected chi connectivity index (χ4v) is 7.46. The molecule has 7 rings (SSSR count). The van der Waals surface area contributed by atoms with Gasteiger partial charge in [-0.15, -0.1) is 0 Å². The van der Waals surface area contributed by atoms with Crippen molar-refractivity contribution in [2.24, 2.45) is 29.1 Å². The predicted octanol–water partition coefficient (Wildman–Crippen LogP) is 4.49. The molecule has 5 fully saturated rings. The normalized spacial score (nSPS) is 35.0. The first-order valence-corrected chi connectivity index (χ1v) is 11.4. The topological polar surface area (TPSA) is 38.1 Å². The second kappa shape index (κ2) is 6.33. The average Bonchev–Trinajstić information content (AvgIpc) is 3.10. The molecule has 4 saturated carbocycles. The molecule has 4 aliphatic carbocycles. The van der Waals surface area contributed by atoms with Gasteiger partial charge in [0.05, 0.1) is 22.8 Å². The van der Waals surface area contributed by atoms with Crippen LogP contribution in [0.25, 0.3) is 11.0 Å². The zero-order chi connectivity index (χ0) is 18.7. The zero-order valence-electron chi connectivity index (χ0n) is 16.7. The number of piperidine rings is 1. The molecule has 0 atom stereocenters. The lowest BCUT2D eigenvalue weighted by Gasteiger charge is -2.57. The number of fused-ring (bicyclic) bond motifs is 1. The lowest BCUT2D eigenvalue weighted by Crippen LogP contribution is -2.55. The van der Waals surface area contributed by atoms with Crippen molar-refractivity contribution in [3.05, 3.63) is 30.6 Å². The minimum atomic E-state index is 0.0299. The summed E-state index contributed by atoms with van der Waals surface area (Å²) < 4.78 is 2.30. The number of rotatable bonds is 3. The van der Waals surface area contributed by atoms with Crippen molar-refractivity contribution in [1.29, 1.82) is 0 Å². The fraction of sp³-hybridized carbons (Fsp3) is 0.667. The number of carbonyl (C=O) groups is 1. The van der Waals surface area contributed by atoms with E-state index in [9.17, 15) is 4.79 Å². The maximum atomic E-state index is 13.6. The first-order valence-electron chi connectivity index (χ1n) is 11.4. The molecule has 0 radical (unpaired) electrons. The molecule has 1 aromatic carbocycles. The number of hydrogen-bond donors (Lipinski definition) is 0. The standard InChI is InChI=1S/C24H31N3O/c28-23(24-12-18-9-19(13-24)11-20(10-18)14-24)26-7-5-17(6-8-26)15-27-16-25-21-3-1-2-4-22(21)27/h1-4,16-20H,5-15H2. The molecule has 1 aliphatic heterocycles. The summed E-state index contributed by atoms with van der Waals surface area (Å²) in [5.74, 6) is 3.72. The highest BCUT2D eigenvalue weighted by Crippen LogP contribution is 2.60. The maximum absolute atomic E-state index is 13.6. The summed E-state index contributed by atoms with van der Waals surface area (Å²) in [5, 5.41) is 0. The molecule has 2 aromatic rings. The molecule has 0 spiro atoms. The number of benzene rings is 1. The molecule has 4 nitrogen and oxygen atoms in total. The van der Waals surface area contributed by atoms with Crippen molar-refractivity contribution in [3.8, 4) is 0 Å². The van der Waals surface area contributed by atoms with E-state index in [1.807, 2.05) is 12.4 Å². The Hall–Kier alpha value is -1.84. The van der Waals surface area contributed by atoms with Gasteiger partial charge in [-0.05, 0) is 87.2 Å². The molecule has 1 saturated heterocycles. The van der Waals surface area contributed by atoms with E-state index in [1.54, 1.807) is 0 Å². The Kier molecular flexibility index (Phi) is 3.86. The molecular weight excluding hydrogens is 346 g/mol. The Morgan fingerprint density at radius 1 is 1.00 bits per heavy atom. The summed E-state index contributed by atoms with van der Waals surface area (Å²) >= 11 is 0. The molecule has 0 N–H and O–H groups in total. The maximum Gasteiger partial charge on any atom is 0.228 e. The lowest BCUT2D eigenvalue weighted by molar-refractivity contribution is -0.159.